The van der Waals surface area contributed by atoms with Gasteiger partial charge in [0, 0.05) is 24.2 Å². The summed E-state index contributed by atoms with van der Waals surface area (Å²) < 4.78 is 54.2. The van der Waals surface area contributed by atoms with E-state index >= 15 is 0 Å². The van der Waals surface area contributed by atoms with E-state index in [1.165, 1.54) is 6.07 Å². The first-order valence-corrected chi connectivity index (χ1v) is 8.13. The van der Waals surface area contributed by atoms with Crippen LogP contribution in [0.4, 0.5) is 13.2 Å². The largest absolute Gasteiger partial charge is 0.348 e. The monoisotopic (exact) mass is 373 g/mol. The van der Waals surface area contributed by atoms with Crippen molar-refractivity contribution in [1.29, 1.82) is 0 Å². The summed E-state index contributed by atoms with van der Waals surface area (Å²) in [5.41, 5.74) is -0.985. The van der Waals surface area contributed by atoms with Crippen LogP contribution in [0.3, 0.4) is 0 Å². The first kappa shape index (κ1) is 18.0. The summed E-state index contributed by atoms with van der Waals surface area (Å²) in [6, 6.07) is 2.40. The molecule has 1 aliphatic rings. The highest BCUT2D eigenvalue weighted by Crippen LogP contribution is 2.36. The molecule has 4 nitrogen and oxygen atoms in total. The summed E-state index contributed by atoms with van der Waals surface area (Å²) in [6.07, 6.45) is -0.254. The number of pyridine rings is 1. The molecule has 25 heavy (non-hydrogen) atoms. The second-order valence-corrected chi connectivity index (χ2v) is 5.92. The van der Waals surface area contributed by atoms with E-state index in [1.54, 1.807) is 6.92 Å². The second kappa shape index (κ2) is 7.19. The second-order valence-electron chi connectivity index (χ2n) is 5.52. The lowest BCUT2D eigenvalue weighted by molar-refractivity contribution is -0.182. The molecule has 0 saturated carbocycles. The zero-order valence-electron chi connectivity index (χ0n) is 13.3. The predicted octanol–water partition coefficient (Wildman–Crippen LogP) is 4.04. The molecule has 0 amide bonds. The number of ether oxygens (including phenoxy) is 2. The third-order valence-electron chi connectivity index (χ3n) is 3.92. The Morgan fingerprint density at radius 3 is 2.32 bits per heavy atom. The number of nitrogens with zero attached hydrogens (tertiary/aromatic N) is 1. The van der Waals surface area contributed by atoms with Crippen molar-refractivity contribution in [2.75, 3.05) is 13.2 Å². The average Bonchev–Trinajstić information content (AvgIpc) is 2.58. The van der Waals surface area contributed by atoms with Gasteiger partial charge in [-0.3, -0.25) is 4.79 Å². The van der Waals surface area contributed by atoms with Gasteiger partial charge in [0.1, 0.15) is 22.5 Å². The molecule has 0 aliphatic carbocycles. The van der Waals surface area contributed by atoms with Gasteiger partial charge < -0.3 is 14.0 Å². The number of hydrogen-bond donors (Lipinski definition) is 0. The van der Waals surface area contributed by atoms with E-state index in [0.29, 0.717) is 31.8 Å². The van der Waals surface area contributed by atoms with Crippen LogP contribution < -0.4 is 5.56 Å². The summed E-state index contributed by atoms with van der Waals surface area (Å²) >= 11 is 5.99. The number of hydrogen-bond acceptors (Lipinski definition) is 3. The normalized spacial score (nSPS) is 15.6. The molecule has 1 aliphatic heterocycles. The zero-order chi connectivity index (χ0) is 18.1. The van der Waals surface area contributed by atoms with Crippen LogP contribution in [-0.4, -0.2) is 17.8 Å². The van der Waals surface area contributed by atoms with Crippen LogP contribution in [0.25, 0.3) is 11.3 Å². The Balaban J connectivity index is 2.34. The minimum atomic E-state index is -1.13. The quantitative estimate of drug-likeness (QED) is 0.815. The number of benzene rings is 1. The van der Waals surface area contributed by atoms with Crippen molar-refractivity contribution in [3.63, 3.8) is 0 Å². The van der Waals surface area contributed by atoms with E-state index in [1.807, 2.05) is 0 Å². The molecular formula is C17H15ClF3NO3. The van der Waals surface area contributed by atoms with Crippen LogP contribution >= 0.6 is 11.6 Å². The van der Waals surface area contributed by atoms with Gasteiger partial charge in [-0.05, 0) is 19.4 Å². The van der Waals surface area contributed by atoms with Gasteiger partial charge in [-0.2, -0.15) is 0 Å². The minimum Gasteiger partial charge on any atom is -0.348 e. The van der Waals surface area contributed by atoms with Crippen LogP contribution in [0.2, 0.25) is 5.02 Å². The summed E-state index contributed by atoms with van der Waals surface area (Å²) in [7, 11) is 0. The number of aromatic nitrogens is 1. The van der Waals surface area contributed by atoms with Gasteiger partial charge in [0.2, 0.25) is 0 Å². The highest BCUT2D eigenvalue weighted by Gasteiger charge is 2.28. The molecule has 8 heteroatoms. The lowest BCUT2D eigenvalue weighted by Gasteiger charge is -2.27. The lowest BCUT2D eigenvalue weighted by Crippen LogP contribution is -2.27. The molecule has 3 rings (SSSR count). The van der Waals surface area contributed by atoms with Crippen LogP contribution in [0.15, 0.2) is 23.0 Å². The molecule has 0 N–H and O–H groups in total. The maximum absolute atomic E-state index is 14.4. The van der Waals surface area contributed by atoms with Gasteiger partial charge in [0.05, 0.1) is 24.5 Å². The molecule has 0 bridgehead atoms. The molecule has 1 saturated heterocycles. The minimum absolute atomic E-state index is 0.0706. The molecule has 2 aromatic rings. The summed E-state index contributed by atoms with van der Waals surface area (Å²) in [5.74, 6) is -3.30. The Kier molecular flexibility index (Phi) is 5.17. The first-order valence-electron chi connectivity index (χ1n) is 7.75. The lowest BCUT2D eigenvalue weighted by atomic mass is 10.0. The van der Waals surface area contributed by atoms with Gasteiger partial charge in [-0.25, -0.2) is 13.2 Å². The van der Waals surface area contributed by atoms with Crippen molar-refractivity contribution < 1.29 is 22.6 Å². The van der Waals surface area contributed by atoms with Crippen molar-refractivity contribution >= 4 is 11.6 Å². The van der Waals surface area contributed by atoms with Crippen LogP contribution in [0.1, 0.15) is 25.2 Å². The molecule has 2 heterocycles. The van der Waals surface area contributed by atoms with E-state index in [0.717, 1.165) is 4.57 Å². The van der Waals surface area contributed by atoms with Gasteiger partial charge in [0.15, 0.2) is 6.29 Å². The van der Waals surface area contributed by atoms with E-state index in [4.69, 9.17) is 21.1 Å². The van der Waals surface area contributed by atoms with Gasteiger partial charge in [-0.1, -0.05) is 11.6 Å². The fourth-order valence-corrected chi connectivity index (χ4v) is 3.07. The smallest absolute Gasteiger partial charge is 0.269 e. The topological polar surface area (TPSA) is 40.5 Å². The van der Waals surface area contributed by atoms with E-state index in [2.05, 4.69) is 0 Å². The van der Waals surface area contributed by atoms with E-state index in [9.17, 15) is 18.0 Å². The Labute approximate surface area is 146 Å². The van der Waals surface area contributed by atoms with E-state index in [-0.39, 0.29) is 22.8 Å². The summed E-state index contributed by atoms with van der Waals surface area (Å²) in [6.45, 7) is 2.51. The fourth-order valence-electron chi connectivity index (χ4n) is 2.85. The Morgan fingerprint density at radius 1 is 1.16 bits per heavy atom. The Hall–Kier alpha value is -1.83. The third-order valence-corrected chi connectivity index (χ3v) is 4.19. The molecule has 0 unspecified atom stereocenters. The molecule has 0 spiro atoms. The molecule has 1 aromatic heterocycles. The van der Waals surface area contributed by atoms with Crippen molar-refractivity contribution in [3.05, 3.63) is 56.6 Å². The molecule has 1 fully saturated rings. The number of rotatable bonds is 3. The zero-order valence-corrected chi connectivity index (χ0v) is 14.1. The molecule has 0 radical (unpaired) electrons. The van der Waals surface area contributed by atoms with Crippen molar-refractivity contribution in [2.24, 2.45) is 0 Å². The SMILES string of the molecule is CCn1c(-c2c(F)cc(F)cc2F)c(C2OCCCO2)cc(Cl)c1=O. The average molecular weight is 374 g/mol. The highest BCUT2D eigenvalue weighted by molar-refractivity contribution is 6.30. The van der Waals surface area contributed by atoms with Crippen molar-refractivity contribution in [1.82, 2.24) is 4.57 Å². The van der Waals surface area contributed by atoms with Gasteiger partial charge in [0.25, 0.3) is 5.56 Å². The standard InChI is InChI=1S/C17H15ClF3NO3/c1-2-22-15(14-12(20)6-9(19)7-13(14)21)10(8-11(18)16(22)23)17-24-4-3-5-25-17/h6-8,17H,2-5H2,1H3. The van der Waals surface area contributed by atoms with Crippen molar-refractivity contribution in [3.8, 4) is 11.3 Å². The number of halogens is 4. The van der Waals surface area contributed by atoms with Gasteiger partial charge in [-0.15, -0.1) is 0 Å². The molecule has 134 valence electrons. The molecule has 0 atom stereocenters. The predicted molar refractivity (Wildman–Crippen MR) is 86.0 cm³/mol. The first-order chi connectivity index (χ1) is 11.9. The maximum Gasteiger partial charge on any atom is 0.269 e. The Morgan fingerprint density at radius 2 is 1.76 bits per heavy atom. The van der Waals surface area contributed by atoms with Crippen LogP contribution in [0.5, 0.6) is 0 Å². The maximum atomic E-state index is 14.4. The molecular weight excluding hydrogens is 359 g/mol. The van der Waals surface area contributed by atoms with Crippen molar-refractivity contribution in [2.45, 2.75) is 26.2 Å². The third kappa shape index (κ3) is 3.31. The fraction of sp³-hybridized carbons (Fsp3) is 0.353. The van der Waals surface area contributed by atoms with Gasteiger partial charge >= 0.3 is 0 Å². The highest BCUT2D eigenvalue weighted by atomic mass is 35.5. The van der Waals surface area contributed by atoms with Crippen LogP contribution in [0, 0.1) is 17.5 Å². The molecule has 1 aromatic carbocycles. The van der Waals surface area contributed by atoms with Crippen LogP contribution in [-0.2, 0) is 16.0 Å². The Bertz CT molecular complexity index is 840. The summed E-state index contributed by atoms with van der Waals surface area (Å²) in [5, 5.41) is -0.124. The summed E-state index contributed by atoms with van der Waals surface area (Å²) in [4.78, 5) is 12.3. The van der Waals surface area contributed by atoms with E-state index < -0.39 is 34.9 Å².